The van der Waals surface area contributed by atoms with Gasteiger partial charge in [0.05, 0.1) is 18.5 Å². The number of hydrogen-bond donors (Lipinski definition) is 1. The normalized spacial score (nSPS) is 15.3. The van der Waals surface area contributed by atoms with E-state index in [1.807, 2.05) is 0 Å². The van der Waals surface area contributed by atoms with Crippen LogP contribution in [0.2, 0.25) is 5.02 Å². The summed E-state index contributed by atoms with van der Waals surface area (Å²) in [6.45, 7) is 0.180. The molecule has 4 nitrogen and oxygen atoms in total. The van der Waals surface area contributed by atoms with Gasteiger partial charge in [-0.3, -0.25) is 0 Å². The van der Waals surface area contributed by atoms with Crippen LogP contribution in [0.4, 0.5) is 5.69 Å². The molecular formula is C11H8Cl2N2O2. The minimum absolute atomic E-state index is 0.0164. The van der Waals surface area contributed by atoms with Gasteiger partial charge >= 0.3 is 5.97 Å². The number of rotatable bonds is 2. The molecule has 0 bridgehead atoms. The highest BCUT2D eigenvalue weighted by atomic mass is 35.5. The summed E-state index contributed by atoms with van der Waals surface area (Å²) in [5.74, 6) is -1.06. The van der Waals surface area contributed by atoms with Gasteiger partial charge in [0.15, 0.2) is 0 Å². The zero-order valence-corrected chi connectivity index (χ0v) is 10.1. The third-order valence-corrected chi connectivity index (χ3v) is 2.88. The van der Waals surface area contributed by atoms with Gasteiger partial charge in [-0.15, -0.1) is 0 Å². The van der Waals surface area contributed by atoms with Crippen molar-refractivity contribution >= 4 is 41.2 Å². The molecule has 0 radical (unpaired) electrons. The number of hydrogen-bond acceptors (Lipinski definition) is 3. The van der Waals surface area contributed by atoms with E-state index in [0.717, 1.165) is 5.69 Å². The van der Waals surface area contributed by atoms with E-state index in [1.165, 1.54) is 6.34 Å². The van der Waals surface area contributed by atoms with Crippen molar-refractivity contribution in [1.29, 1.82) is 0 Å². The third kappa shape index (κ3) is 2.60. The maximum atomic E-state index is 10.9. The van der Waals surface area contributed by atoms with Crippen molar-refractivity contribution in [2.24, 2.45) is 4.99 Å². The molecular weight excluding hydrogens is 263 g/mol. The average molecular weight is 271 g/mol. The second-order valence-corrected chi connectivity index (χ2v) is 4.22. The van der Waals surface area contributed by atoms with Crippen molar-refractivity contribution < 1.29 is 9.90 Å². The highest BCUT2D eigenvalue weighted by molar-refractivity contribution is 6.32. The molecule has 0 saturated carbocycles. The Morgan fingerprint density at radius 3 is 2.53 bits per heavy atom. The SMILES string of the molecule is O=C(O)C1=C(Cl)N=CN(c2ccc(Cl)cc2)C1. The van der Waals surface area contributed by atoms with Crippen molar-refractivity contribution in [3.8, 4) is 0 Å². The number of aliphatic carboxylic acids is 1. The molecule has 0 unspecified atom stereocenters. The van der Waals surface area contributed by atoms with Crippen molar-refractivity contribution in [1.82, 2.24) is 0 Å². The summed E-state index contributed by atoms with van der Waals surface area (Å²) in [5.41, 5.74) is 0.880. The molecule has 1 aliphatic heterocycles. The summed E-state index contributed by atoms with van der Waals surface area (Å²) < 4.78 is 0. The van der Waals surface area contributed by atoms with Crippen molar-refractivity contribution in [3.05, 3.63) is 40.0 Å². The Morgan fingerprint density at radius 2 is 1.94 bits per heavy atom. The third-order valence-electron chi connectivity index (χ3n) is 2.30. The van der Waals surface area contributed by atoms with Crippen molar-refractivity contribution in [2.75, 3.05) is 11.4 Å². The van der Waals surface area contributed by atoms with Crippen LogP contribution in [-0.2, 0) is 4.79 Å². The quantitative estimate of drug-likeness (QED) is 0.841. The summed E-state index contributed by atoms with van der Waals surface area (Å²) >= 11 is 11.5. The lowest BCUT2D eigenvalue weighted by Gasteiger charge is -2.23. The number of nitrogens with zero attached hydrogens (tertiary/aromatic N) is 2. The predicted octanol–water partition coefficient (Wildman–Crippen LogP) is 2.72. The van der Waals surface area contributed by atoms with Crippen LogP contribution in [0.5, 0.6) is 0 Å². The van der Waals surface area contributed by atoms with Gasteiger partial charge in [0, 0.05) is 10.7 Å². The number of halogens is 2. The van der Waals surface area contributed by atoms with E-state index >= 15 is 0 Å². The molecule has 1 aromatic rings. The van der Waals surface area contributed by atoms with E-state index in [0.29, 0.717) is 5.02 Å². The second kappa shape index (κ2) is 4.77. The van der Waals surface area contributed by atoms with Crippen LogP contribution in [-0.4, -0.2) is 24.0 Å². The molecule has 1 aromatic carbocycles. The average Bonchev–Trinajstić information content (AvgIpc) is 2.30. The van der Waals surface area contributed by atoms with Crippen molar-refractivity contribution in [2.45, 2.75) is 0 Å². The summed E-state index contributed by atoms with van der Waals surface area (Å²) in [6.07, 6.45) is 1.50. The van der Waals surface area contributed by atoms with Gasteiger partial charge in [0.25, 0.3) is 0 Å². The molecule has 0 aliphatic carbocycles. The molecule has 2 rings (SSSR count). The number of carboxylic acid groups (broad SMARTS) is 1. The molecule has 0 aromatic heterocycles. The Balaban J connectivity index is 2.25. The van der Waals surface area contributed by atoms with E-state index in [-0.39, 0.29) is 17.3 Å². The first kappa shape index (κ1) is 12.0. The van der Waals surface area contributed by atoms with Crippen LogP contribution in [0.15, 0.2) is 40.0 Å². The lowest BCUT2D eigenvalue weighted by molar-refractivity contribution is -0.132. The van der Waals surface area contributed by atoms with Crippen LogP contribution in [0.25, 0.3) is 0 Å². The Morgan fingerprint density at radius 1 is 1.29 bits per heavy atom. The Labute approximate surface area is 108 Å². The predicted molar refractivity (Wildman–Crippen MR) is 67.8 cm³/mol. The molecule has 0 amide bonds. The summed E-state index contributed by atoms with van der Waals surface area (Å²) in [6, 6.07) is 7.02. The van der Waals surface area contributed by atoms with Crippen molar-refractivity contribution in [3.63, 3.8) is 0 Å². The van der Waals surface area contributed by atoms with Gasteiger partial charge in [0.1, 0.15) is 5.16 Å². The number of carboxylic acids is 1. The van der Waals surface area contributed by atoms with Crippen LogP contribution in [0.1, 0.15) is 0 Å². The smallest absolute Gasteiger partial charge is 0.336 e. The van der Waals surface area contributed by atoms with E-state index in [2.05, 4.69) is 4.99 Å². The van der Waals surface area contributed by atoms with Gasteiger partial charge in [-0.25, -0.2) is 9.79 Å². The molecule has 0 saturated heterocycles. The summed E-state index contributed by atoms with van der Waals surface area (Å²) in [5, 5.41) is 9.59. The molecule has 1 aliphatic rings. The molecule has 0 fully saturated rings. The lowest BCUT2D eigenvalue weighted by Crippen LogP contribution is -2.29. The van der Waals surface area contributed by atoms with Gasteiger partial charge in [0.2, 0.25) is 0 Å². The zero-order valence-electron chi connectivity index (χ0n) is 8.60. The van der Waals surface area contributed by atoms with Crippen LogP contribution >= 0.6 is 23.2 Å². The zero-order chi connectivity index (χ0) is 12.4. The number of benzene rings is 1. The highest BCUT2D eigenvalue weighted by Crippen LogP contribution is 2.23. The molecule has 0 atom stereocenters. The summed E-state index contributed by atoms with van der Waals surface area (Å²) in [4.78, 5) is 16.5. The number of carbonyl (C=O) groups is 1. The highest BCUT2D eigenvalue weighted by Gasteiger charge is 2.20. The van der Waals surface area contributed by atoms with Gasteiger partial charge in [-0.05, 0) is 24.3 Å². The monoisotopic (exact) mass is 270 g/mol. The van der Waals surface area contributed by atoms with E-state index in [4.69, 9.17) is 28.3 Å². The first-order valence-corrected chi connectivity index (χ1v) is 5.52. The minimum atomic E-state index is -1.06. The summed E-state index contributed by atoms with van der Waals surface area (Å²) in [7, 11) is 0. The largest absolute Gasteiger partial charge is 0.478 e. The lowest BCUT2D eigenvalue weighted by atomic mass is 10.2. The first-order chi connectivity index (χ1) is 8.08. The van der Waals surface area contributed by atoms with E-state index < -0.39 is 5.97 Å². The van der Waals surface area contributed by atoms with Gasteiger partial charge < -0.3 is 10.0 Å². The van der Waals surface area contributed by atoms with Gasteiger partial charge in [-0.1, -0.05) is 23.2 Å². The molecule has 1 heterocycles. The maximum Gasteiger partial charge on any atom is 0.336 e. The fraction of sp³-hybridized carbons (Fsp3) is 0.0909. The Hall–Kier alpha value is -1.52. The molecule has 1 N–H and O–H groups in total. The Kier molecular flexibility index (Phi) is 3.36. The van der Waals surface area contributed by atoms with Crippen LogP contribution in [0, 0.1) is 0 Å². The van der Waals surface area contributed by atoms with E-state index in [1.54, 1.807) is 29.2 Å². The molecule has 88 valence electrons. The minimum Gasteiger partial charge on any atom is -0.478 e. The molecule has 17 heavy (non-hydrogen) atoms. The van der Waals surface area contributed by atoms with Gasteiger partial charge in [-0.2, -0.15) is 0 Å². The second-order valence-electron chi connectivity index (χ2n) is 3.42. The first-order valence-electron chi connectivity index (χ1n) is 4.76. The van der Waals surface area contributed by atoms with E-state index in [9.17, 15) is 4.79 Å². The molecule has 6 heteroatoms. The van der Waals surface area contributed by atoms with Crippen LogP contribution in [0.3, 0.4) is 0 Å². The molecule has 0 spiro atoms. The fourth-order valence-electron chi connectivity index (χ4n) is 1.42. The topological polar surface area (TPSA) is 52.9 Å². The maximum absolute atomic E-state index is 10.9. The number of aliphatic imine (C=N–C) groups is 1. The fourth-order valence-corrected chi connectivity index (χ4v) is 1.73. The van der Waals surface area contributed by atoms with Crippen LogP contribution < -0.4 is 4.90 Å². The standard InChI is InChI=1S/C11H8Cl2N2O2/c12-7-1-3-8(4-2-7)15-5-9(11(16)17)10(13)14-6-15/h1-4,6H,5H2,(H,16,17). The Bertz CT molecular complexity index is 509. The number of anilines is 1.